The molecule has 1 aromatic rings. The van der Waals surface area contributed by atoms with Gasteiger partial charge in [0.2, 0.25) is 5.91 Å². The molecule has 1 rings (SSSR count). The van der Waals surface area contributed by atoms with Gasteiger partial charge in [-0.15, -0.1) is 0 Å². The van der Waals surface area contributed by atoms with Crippen molar-refractivity contribution < 1.29 is 14.3 Å². The van der Waals surface area contributed by atoms with Gasteiger partial charge in [-0.1, -0.05) is 37.6 Å². The molecule has 0 fully saturated rings. The third kappa shape index (κ3) is 5.61. The van der Waals surface area contributed by atoms with Crippen molar-refractivity contribution in [3.05, 3.63) is 34.9 Å². The average molecular weight is 298 g/mol. The van der Waals surface area contributed by atoms with E-state index in [4.69, 9.17) is 16.3 Å². The second kappa shape index (κ2) is 7.90. The van der Waals surface area contributed by atoms with Crippen molar-refractivity contribution >= 4 is 23.5 Å². The van der Waals surface area contributed by atoms with Crippen molar-refractivity contribution in [2.24, 2.45) is 5.92 Å². The number of carbonyl (C=O) groups excluding carboxylic acids is 2. The molecule has 0 saturated carbocycles. The van der Waals surface area contributed by atoms with Crippen LogP contribution in [0.25, 0.3) is 0 Å². The van der Waals surface area contributed by atoms with Gasteiger partial charge in [0.1, 0.15) is 6.04 Å². The lowest BCUT2D eigenvalue weighted by Gasteiger charge is -2.18. The summed E-state index contributed by atoms with van der Waals surface area (Å²) in [6, 6.07) is 6.49. The zero-order valence-electron chi connectivity index (χ0n) is 12.0. The Kier molecular flexibility index (Phi) is 6.52. The summed E-state index contributed by atoms with van der Waals surface area (Å²) in [6.45, 7) is 3.97. The number of amides is 1. The van der Waals surface area contributed by atoms with Gasteiger partial charge in [0, 0.05) is 5.02 Å². The average Bonchev–Trinajstić information content (AvgIpc) is 2.36. The molecule has 0 spiro atoms. The Morgan fingerprint density at radius 3 is 2.60 bits per heavy atom. The topological polar surface area (TPSA) is 55.4 Å². The zero-order chi connectivity index (χ0) is 15.1. The van der Waals surface area contributed by atoms with Gasteiger partial charge in [-0.3, -0.25) is 4.79 Å². The monoisotopic (exact) mass is 297 g/mol. The molecule has 0 heterocycles. The van der Waals surface area contributed by atoms with Crippen LogP contribution in [0.15, 0.2) is 24.3 Å². The first kappa shape index (κ1) is 16.5. The lowest BCUT2D eigenvalue weighted by atomic mass is 10.0. The number of hydrogen-bond acceptors (Lipinski definition) is 3. The Morgan fingerprint density at radius 1 is 1.35 bits per heavy atom. The van der Waals surface area contributed by atoms with Crippen LogP contribution in [0.5, 0.6) is 0 Å². The van der Waals surface area contributed by atoms with Gasteiger partial charge in [0.15, 0.2) is 0 Å². The number of benzene rings is 1. The van der Waals surface area contributed by atoms with Gasteiger partial charge in [-0.2, -0.15) is 0 Å². The van der Waals surface area contributed by atoms with Crippen LogP contribution in [0, 0.1) is 5.92 Å². The van der Waals surface area contributed by atoms with E-state index in [0.717, 1.165) is 5.56 Å². The number of nitrogens with one attached hydrogen (secondary N) is 1. The summed E-state index contributed by atoms with van der Waals surface area (Å²) in [7, 11) is 1.32. The number of esters is 1. The van der Waals surface area contributed by atoms with E-state index in [-0.39, 0.29) is 18.2 Å². The van der Waals surface area contributed by atoms with Gasteiger partial charge in [0.25, 0.3) is 0 Å². The number of halogens is 1. The highest BCUT2D eigenvalue weighted by Gasteiger charge is 2.22. The summed E-state index contributed by atoms with van der Waals surface area (Å²) in [5, 5.41) is 3.30. The standard InChI is InChI=1S/C15H20ClNO3/c1-10(2)7-13(15(19)20-3)17-14(18)9-11-5-4-6-12(16)8-11/h4-6,8,10,13H,7,9H2,1-3H3,(H,17,18). The van der Waals surface area contributed by atoms with Crippen LogP contribution in [0.1, 0.15) is 25.8 Å². The third-order valence-electron chi connectivity index (χ3n) is 2.78. The van der Waals surface area contributed by atoms with Gasteiger partial charge in [-0.25, -0.2) is 4.79 Å². The molecule has 0 radical (unpaired) electrons. The molecule has 1 atom stereocenters. The van der Waals surface area contributed by atoms with E-state index in [2.05, 4.69) is 5.32 Å². The molecule has 0 aromatic heterocycles. The van der Waals surface area contributed by atoms with Crippen LogP contribution >= 0.6 is 11.6 Å². The van der Waals surface area contributed by atoms with Crippen molar-refractivity contribution in [3.63, 3.8) is 0 Å². The van der Waals surface area contributed by atoms with E-state index in [0.29, 0.717) is 11.4 Å². The number of ether oxygens (including phenoxy) is 1. The SMILES string of the molecule is COC(=O)C(CC(C)C)NC(=O)Cc1cccc(Cl)c1. The second-order valence-electron chi connectivity index (χ2n) is 5.08. The zero-order valence-corrected chi connectivity index (χ0v) is 12.7. The Balaban J connectivity index is 2.64. The number of methoxy groups -OCH3 is 1. The summed E-state index contributed by atoms with van der Waals surface area (Å²) < 4.78 is 4.71. The van der Waals surface area contributed by atoms with Gasteiger partial charge < -0.3 is 10.1 Å². The summed E-state index contributed by atoms with van der Waals surface area (Å²) >= 11 is 5.87. The van der Waals surface area contributed by atoms with Gasteiger partial charge in [-0.05, 0) is 30.0 Å². The molecule has 1 N–H and O–H groups in total. The molecule has 1 aromatic carbocycles. The molecule has 20 heavy (non-hydrogen) atoms. The van der Waals surface area contributed by atoms with E-state index in [1.807, 2.05) is 19.9 Å². The van der Waals surface area contributed by atoms with E-state index in [1.165, 1.54) is 7.11 Å². The highest BCUT2D eigenvalue weighted by Crippen LogP contribution is 2.12. The Hall–Kier alpha value is -1.55. The highest BCUT2D eigenvalue weighted by molar-refractivity contribution is 6.30. The normalized spacial score (nSPS) is 12.1. The highest BCUT2D eigenvalue weighted by atomic mass is 35.5. The molecule has 5 heteroatoms. The summed E-state index contributed by atoms with van der Waals surface area (Å²) in [5.74, 6) is -0.355. The molecule has 0 aliphatic rings. The maximum absolute atomic E-state index is 12.0. The van der Waals surface area contributed by atoms with E-state index < -0.39 is 12.0 Å². The minimum absolute atomic E-state index is 0.187. The molecule has 0 aliphatic carbocycles. The summed E-state index contributed by atoms with van der Waals surface area (Å²) in [5.41, 5.74) is 0.808. The minimum atomic E-state index is -0.605. The first-order chi connectivity index (χ1) is 9.42. The Labute approximate surface area is 124 Å². The quantitative estimate of drug-likeness (QED) is 0.821. The van der Waals surface area contributed by atoms with Crippen LogP contribution in [0.4, 0.5) is 0 Å². The number of carbonyl (C=O) groups is 2. The smallest absolute Gasteiger partial charge is 0.328 e. The molecular weight excluding hydrogens is 278 g/mol. The molecule has 0 aliphatic heterocycles. The molecule has 110 valence electrons. The van der Waals surface area contributed by atoms with Crippen LogP contribution in [0.2, 0.25) is 5.02 Å². The first-order valence-electron chi connectivity index (χ1n) is 6.54. The Morgan fingerprint density at radius 2 is 2.05 bits per heavy atom. The lowest BCUT2D eigenvalue weighted by Crippen LogP contribution is -2.43. The predicted octanol–water partition coefficient (Wildman–Crippen LogP) is 2.59. The van der Waals surface area contributed by atoms with E-state index in [9.17, 15) is 9.59 Å². The van der Waals surface area contributed by atoms with Crippen LogP contribution in [0.3, 0.4) is 0 Å². The molecule has 0 bridgehead atoms. The van der Waals surface area contributed by atoms with Crippen molar-refractivity contribution in [1.82, 2.24) is 5.32 Å². The summed E-state index contributed by atoms with van der Waals surface area (Å²) in [6.07, 6.45) is 0.736. The predicted molar refractivity (Wildman–Crippen MR) is 78.6 cm³/mol. The van der Waals surface area contributed by atoms with Crippen molar-refractivity contribution in [2.45, 2.75) is 32.7 Å². The fraction of sp³-hybridized carbons (Fsp3) is 0.467. The Bertz CT molecular complexity index is 474. The molecule has 0 saturated heterocycles. The van der Waals surface area contributed by atoms with Crippen molar-refractivity contribution in [3.8, 4) is 0 Å². The van der Waals surface area contributed by atoms with Crippen LogP contribution in [-0.2, 0) is 20.7 Å². The fourth-order valence-corrected chi connectivity index (χ4v) is 2.12. The van der Waals surface area contributed by atoms with Crippen LogP contribution in [-0.4, -0.2) is 25.0 Å². The molecular formula is C15H20ClNO3. The lowest BCUT2D eigenvalue weighted by molar-refractivity contribution is -0.145. The number of hydrogen-bond donors (Lipinski definition) is 1. The fourth-order valence-electron chi connectivity index (χ4n) is 1.91. The largest absolute Gasteiger partial charge is 0.467 e. The van der Waals surface area contributed by atoms with Crippen LogP contribution < -0.4 is 5.32 Å². The third-order valence-corrected chi connectivity index (χ3v) is 3.02. The summed E-state index contributed by atoms with van der Waals surface area (Å²) in [4.78, 5) is 23.6. The molecule has 4 nitrogen and oxygen atoms in total. The number of rotatable bonds is 6. The van der Waals surface area contributed by atoms with E-state index >= 15 is 0 Å². The maximum Gasteiger partial charge on any atom is 0.328 e. The second-order valence-corrected chi connectivity index (χ2v) is 5.52. The molecule has 1 amide bonds. The van der Waals surface area contributed by atoms with Gasteiger partial charge in [0.05, 0.1) is 13.5 Å². The van der Waals surface area contributed by atoms with Crippen molar-refractivity contribution in [1.29, 1.82) is 0 Å². The van der Waals surface area contributed by atoms with Crippen molar-refractivity contribution in [2.75, 3.05) is 7.11 Å². The van der Waals surface area contributed by atoms with Gasteiger partial charge >= 0.3 is 5.97 Å². The minimum Gasteiger partial charge on any atom is -0.467 e. The maximum atomic E-state index is 12.0. The molecule has 1 unspecified atom stereocenters. The van der Waals surface area contributed by atoms with E-state index in [1.54, 1.807) is 18.2 Å². The first-order valence-corrected chi connectivity index (χ1v) is 6.91.